The normalized spacial score (nSPS) is 14.6. The molecule has 3 amide bonds. The second-order valence-corrected chi connectivity index (χ2v) is 9.62. The van der Waals surface area contributed by atoms with Gasteiger partial charge in [0.1, 0.15) is 23.9 Å². The van der Waals surface area contributed by atoms with Crippen LogP contribution < -0.4 is 27.4 Å². The molecule has 1 aromatic carbocycles. The molecule has 9 N–H and O–H groups in total. The second-order valence-electron chi connectivity index (χ2n) is 9.62. The van der Waals surface area contributed by atoms with E-state index < -0.39 is 47.9 Å². The molecule has 11 nitrogen and oxygen atoms in total. The van der Waals surface area contributed by atoms with Gasteiger partial charge in [0.15, 0.2) is 0 Å². The minimum atomic E-state index is -1.17. The number of benzene rings is 1. The van der Waals surface area contributed by atoms with Gasteiger partial charge in [0.05, 0.1) is 6.04 Å². The molecule has 202 valence electrons. The summed E-state index contributed by atoms with van der Waals surface area (Å²) in [5.74, 6) is -3.60. The molecule has 36 heavy (non-hydrogen) atoms. The van der Waals surface area contributed by atoms with Crippen LogP contribution in [0.2, 0.25) is 0 Å². The van der Waals surface area contributed by atoms with E-state index in [0.717, 1.165) is 6.42 Å². The number of nitrogens with one attached hydrogen (secondary N) is 3. The van der Waals surface area contributed by atoms with E-state index in [1.807, 2.05) is 0 Å². The second kappa shape index (κ2) is 15.0. The fourth-order valence-corrected chi connectivity index (χ4v) is 3.54. The first-order valence-corrected chi connectivity index (χ1v) is 12.2. The van der Waals surface area contributed by atoms with Crippen molar-refractivity contribution in [2.45, 2.75) is 77.5 Å². The molecule has 0 spiro atoms. The van der Waals surface area contributed by atoms with Crippen LogP contribution in [0.1, 0.15) is 52.5 Å². The summed E-state index contributed by atoms with van der Waals surface area (Å²) in [5, 5.41) is 26.8. The van der Waals surface area contributed by atoms with Gasteiger partial charge in [-0.2, -0.15) is 0 Å². The van der Waals surface area contributed by atoms with Crippen molar-refractivity contribution in [2.24, 2.45) is 23.3 Å². The number of carboxylic acid groups (broad SMARTS) is 1. The maximum atomic E-state index is 13.3. The smallest absolute Gasteiger partial charge is 0.326 e. The zero-order valence-electron chi connectivity index (χ0n) is 21.5. The van der Waals surface area contributed by atoms with Gasteiger partial charge in [-0.15, -0.1) is 0 Å². The van der Waals surface area contributed by atoms with E-state index in [9.17, 15) is 29.4 Å². The van der Waals surface area contributed by atoms with Crippen molar-refractivity contribution in [2.75, 3.05) is 6.54 Å². The van der Waals surface area contributed by atoms with Gasteiger partial charge in [-0.3, -0.25) is 14.4 Å². The Kier molecular flexibility index (Phi) is 12.9. The van der Waals surface area contributed by atoms with Crippen LogP contribution in [0.15, 0.2) is 24.3 Å². The maximum absolute atomic E-state index is 13.3. The molecular formula is C25H41N5O6. The lowest BCUT2D eigenvalue weighted by Crippen LogP contribution is -2.59. The van der Waals surface area contributed by atoms with Gasteiger partial charge in [0.25, 0.3) is 0 Å². The first-order chi connectivity index (χ1) is 16.9. The lowest BCUT2D eigenvalue weighted by atomic mass is 9.99. The van der Waals surface area contributed by atoms with Crippen molar-refractivity contribution in [3.8, 4) is 5.75 Å². The van der Waals surface area contributed by atoms with Gasteiger partial charge in [-0.1, -0.05) is 46.2 Å². The molecule has 0 saturated carbocycles. The van der Waals surface area contributed by atoms with Crippen molar-refractivity contribution in [3.63, 3.8) is 0 Å². The van der Waals surface area contributed by atoms with Crippen LogP contribution in [0.25, 0.3) is 0 Å². The van der Waals surface area contributed by atoms with Gasteiger partial charge in [0, 0.05) is 6.42 Å². The van der Waals surface area contributed by atoms with Crippen LogP contribution in [0.4, 0.5) is 0 Å². The molecule has 0 aliphatic carbocycles. The standard InChI is InChI=1S/C25H41N5O6/c1-14(2)20(24(34)30-21(15(3)4)25(35)36)29-23(33)19(13-16-8-10-17(31)11-9-16)28-22(32)18(27)7-5-6-12-26/h8-11,14-15,18-21,31H,5-7,12-13,26-27H2,1-4H3,(H,28,32)(H,29,33)(H,30,34)(H,35,36). The molecule has 1 rings (SSSR count). The van der Waals surface area contributed by atoms with E-state index >= 15 is 0 Å². The summed E-state index contributed by atoms with van der Waals surface area (Å²) < 4.78 is 0. The van der Waals surface area contributed by atoms with Crippen molar-refractivity contribution in [1.29, 1.82) is 0 Å². The average Bonchev–Trinajstić information content (AvgIpc) is 2.80. The van der Waals surface area contributed by atoms with E-state index in [1.54, 1.807) is 39.8 Å². The van der Waals surface area contributed by atoms with Crippen LogP contribution in [-0.2, 0) is 25.6 Å². The Labute approximate surface area is 212 Å². The van der Waals surface area contributed by atoms with Gasteiger partial charge in [0.2, 0.25) is 17.7 Å². The summed E-state index contributed by atoms with van der Waals surface area (Å²) in [5.41, 5.74) is 12.1. The van der Waals surface area contributed by atoms with Crippen LogP contribution in [0.5, 0.6) is 5.75 Å². The van der Waals surface area contributed by atoms with Crippen LogP contribution in [-0.4, -0.2) is 64.6 Å². The highest BCUT2D eigenvalue weighted by Gasteiger charge is 2.32. The Bertz CT molecular complexity index is 874. The quantitative estimate of drug-likeness (QED) is 0.164. The fraction of sp³-hybridized carbons (Fsp3) is 0.600. The third-order valence-corrected chi connectivity index (χ3v) is 5.79. The number of aliphatic carboxylic acids is 1. The van der Waals surface area contributed by atoms with Crippen LogP contribution in [0, 0.1) is 11.8 Å². The number of aromatic hydroxyl groups is 1. The molecule has 0 aliphatic rings. The summed E-state index contributed by atoms with van der Waals surface area (Å²) in [6.07, 6.45) is 1.87. The molecule has 11 heteroatoms. The van der Waals surface area contributed by atoms with Crippen molar-refractivity contribution in [3.05, 3.63) is 29.8 Å². The molecule has 0 aromatic heterocycles. The monoisotopic (exact) mass is 507 g/mol. The minimum absolute atomic E-state index is 0.0559. The number of hydrogen-bond acceptors (Lipinski definition) is 7. The largest absolute Gasteiger partial charge is 0.508 e. The minimum Gasteiger partial charge on any atom is -0.508 e. The summed E-state index contributed by atoms with van der Waals surface area (Å²) in [6, 6.07) is 2.13. The molecule has 0 radical (unpaired) electrons. The summed E-state index contributed by atoms with van der Waals surface area (Å²) in [6.45, 7) is 7.26. The number of nitrogens with two attached hydrogens (primary N) is 2. The molecule has 0 bridgehead atoms. The number of carboxylic acids is 1. The Balaban J connectivity index is 3.07. The zero-order valence-corrected chi connectivity index (χ0v) is 21.5. The Morgan fingerprint density at radius 1 is 0.833 bits per heavy atom. The van der Waals surface area contributed by atoms with E-state index in [0.29, 0.717) is 24.9 Å². The highest BCUT2D eigenvalue weighted by molar-refractivity contribution is 5.94. The van der Waals surface area contributed by atoms with Crippen molar-refractivity contribution >= 4 is 23.7 Å². The zero-order chi connectivity index (χ0) is 27.4. The molecule has 0 fully saturated rings. The third-order valence-electron chi connectivity index (χ3n) is 5.79. The summed E-state index contributed by atoms with van der Waals surface area (Å²) >= 11 is 0. The SMILES string of the molecule is CC(C)C(NC(=O)C(NC(=O)C(Cc1ccc(O)cc1)NC(=O)C(N)CCCCN)C(C)C)C(=O)O. The van der Waals surface area contributed by atoms with E-state index in [1.165, 1.54) is 12.1 Å². The first kappa shape index (κ1) is 30.9. The number of rotatable bonds is 15. The predicted molar refractivity (Wildman–Crippen MR) is 136 cm³/mol. The number of unbranched alkanes of at least 4 members (excludes halogenated alkanes) is 1. The average molecular weight is 508 g/mol. The topological polar surface area (TPSA) is 197 Å². The Morgan fingerprint density at radius 2 is 1.39 bits per heavy atom. The highest BCUT2D eigenvalue weighted by Crippen LogP contribution is 2.13. The van der Waals surface area contributed by atoms with Crippen LogP contribution in [0.3, 0.4) is 0 Å². The number of phenolic OH excluding ortho intramolecular Hbond substituents is 1. The Morgan fingerprint density at radius 3 is 1.89 bits per heavy atom. The number of amides is 3. The predicted octanol–water partition coefficient (Wildman–Crippen LogP) is 0.242. The molecule has 4 unspecified atom stereocenters. The maximum Gasteiger partial charge on any atom is 0.326 e. The highest BCUT2D eigenvalue weighted by atomic mass is 16.4. The number of carbonyl (C=O) groups excluding carboxylic acids is 3. The molecule has 0 heterocycles. The summed E-state index contributed by atoms with van der Waals surface area (Å²) in [4.78, 5) is 50.4. The van der Waals surface area contributed by atoms with Crippen molar-refractivity contribution < 1.29 is 29.4 Å². The molecule has 4 atom stereocenters. The lowest BCUT2D eigenvalue weighted by Gasteiger charge is -2.28. The van der Waals surface area contributed by atoms with Gasteiger partial charge < -0.3 is 37.6 Å². The lowest BCUT2D eigenvalue weighted by molar-refractivity contribution is -0.143. The Hall–Kier alpha value is -3.18. The molecule has 0 saturated heterocycles. The van der Waals surface area contributed by atoms with Gasteiger partial charge >= 0.3 is 5.97 Å². The van der Waals surface area contributed by atoms with Gasteiger partial charge in [-0.25, -0.2) is 4.79 Å². The number of phenols is 1. The van der Waals surface area contributed by atoms with Crippen LogP contribution >= 0.6 is 0 Å². The van der Waals surface area contributed by atoms with Gasteiger partial charge in [-0.05, 0) is 48.9 Å². The third kappa shape index (κ3) is 10.2. The van der Waals surface area contributed by atoms with E-state index in [4.69, 9.17) is 11.5 Å². The first-order valence-electron chi connectivity index (χ1n) is 12.2. The molecule has 1 aromatic rings. The van der Waals surface area contributed by atoms with E-state index in [-0.39, 0.29) is 24.0 Å². The van der Waals surface area contributed by atoms with Crippen molar-refractivity contribution in [1.82, 2.24) is 16.0 Å². The fourth-order valence-electron chi connectivity index (χ4n) is 3.54. The number of hydrogen-bond donors (Lipinski definition) is 7. The molecule has 0 aliphatic heterocycles. The molecular weight excluding hydrogens is 466 g/mol. The summed E-state index contributed by atoms with van der Waals surface area (Å²) in [7, 11) is 0. The number of carbonyl (C=O) groups is 4. The van der Waals surface area contributed by atoms with E-state index in [2.05, 4.69) is 16.0 Å².